The number of hydrogen-bond donors (Lipinski definition) is 1. The van der Waals surface area contributed by atoms with Gasteiger partial charge in [0.15, 0.2) is 0 Å². The third-order valence-electron chi connectivity index (χ3n) is 3.38. The van der Waals surface area contributed by atoms with Crippen LogP contribution in [0.2, 0.25) is 0 Å². The summed E-state index contributed by atoms with van der Waals surface area (Å²) in [5.41, 5.74) is 4.67. The largest absolute Gasteiger partial charge is 0.496 e. The van der Waals surface area contributed by atoms with Gasteiger partial charge in [0.25, 0.3) is 0 Å². The van der Waals surface area contributed by atoms with Crippen LogP contribution in [0, 0.1) is 6.92 Å². The Morgan fingerprint density at radius 1 is 1.14 bits per heavy atom. The van der Waals surface area contributed by atoms with Crippen LogP contribution in [0.15, 0.2) is 40.9 Å². The summed E-state index contributed by atoms with van der Waals surface area (Å²) in [4.78, 5) is 2.11. The van der Waals surface area contributed by atoms with E-state index in [0.29, 0.717) is 0 Å². The lowest BCUT2D eigenvalue weighted by atomic mass is 10.1. The smallest absolute Gasteiger partial charge is 0.121 e. The van der Waals surface area contributed by atoms with Gasteiger partial charge >= 0.3 is 0 Å². The second-order valence-electron chi connectivity index (χ2n) is 5.21. The molecule has 0 bridgehead atoms. The molecule has 112 valence electrons. The van der Waals surface area contributed by atoms with Crippen LogP contribution in [-0.4, -0.2) is 21.2 Å². The minimum atomic E-state index is 0.780. The van der Waals surface area contributed by atoms with E-state index in [2.05, 4.69) is 63.4 Å². The zero-order chi connectivity index (χ0) is 15.4. The number of ether oxygens (including phenoxy) is 1. The van der Waals surface area contributed by atoms with E-state index in [1.54, 1.807) is 7.11 Å². The van der Waals surface area contributed by atoms with Gasteiger partial charge in [-0.2, -0.15) is 0 Å². The summed E-state index contributed by atoms with van der Waals surface area (Å²) in [5, 5.41) is 3.50. The van der Waals surface area contributed by atoms with Crippen LogP contribution in [0.5, 0.6) is 5.75 Å². The Morgan fingerprint density at radius 3 is 2.52 bits per heavy atom. The van der Waals surface area contributed by atoms with Crippen LogP contribution in [0.1, 0.15) is 11.1 Å². The van der Waals surface area contributed by atoms with Crippen molar-refractivity contribution in [3.63, 3.8) is 0 Å². The average molecular weight is 349 g/mol. The van der Waals surface area contributed by atoms with E-state index in [4.69, 9.17) is 4.74 Å². The fourth-order valence-corrected chi connectivity index (χ4v) is 2.65. The molecule has 0 amide bonds. The van der Waals surface area contributed by atoms with Crippen LogP contribution in [0.4, 0.5) is 11.4 Å². The lowest BCUT2D eigenvalue weighted by molar-refractivity contribution is 0.411. The van der Waals surface area contributed by atoms with Gasteiger partial charge < -0.3 is 15.0 Å². The maximum Gasteiger partial charge on any atom is 0.121 e. The van der Waals surface area contributed by atoms with Crippen LogP contribution in [0.25, 0.3) is 0 Å². The van der Waals surface area contributed by atoms with Gasteiger partial charge in [0.1, 0.15) is 5.75 Å². The molecule has 0 unspecified atom stereocenters. The lowest BCUT2D eigenvalue weighted by Crippen LogP contribution is -2.12. The van der Waals surface area contributed by atoms with Gasteiger partial charge in [0.05, 0.1) is 18.5 Å². The molecule has 0 saturated carbocycles. The molecular weight excluding hydrogens is 328 g/mol. The summed E-state index contributed by atoms with van der Waals surface area (Å²) in [5.74, 6) is 0.926. The SMILES string of the molecule is COc1ccc(CNc2cc(Br)ccc2N(C)C)cc1C. The fraction of sp³-hybridized carbons (Fsp3) is 0.294. The highest BCUT2D eigenvalue weighted by molar-refractivity contribution is 9.10. The number of aryl methyl sites for hydroxylation is 1. The number of nitrogens with one attached hydrogen (secondary N) is 1. The quantitative estimate of drug-likeness (QED) is 0.863. The third-order valence-corrected chi connectivity index (χ3v) is 3.88. The summed E-state index contributed by atoms with van der Waals surface area (Å²) >= 11 is 3.53. The zero-order valence-corrected chi connectivity index (χ0v) is 14.5. The van der Waals surface area contributed by atoms with Gasteiger partial charge in [0, 0.05) is 25.1 Å². The molecular formula is C17H21BrN2O. The molecule has 2 rings (SSSR count). The number of anilines is 2. The van der Waals surface area contributed by atoms with E-state index in [0.717, 1.165) is 28.0 Å². The van der Waals surface area contributed by atoms with Crippen molar-refractivity contribution in [1.82, 2.24) is 0 Å². The molecule has 0 saturated heterocycles. The number of rotatable bonds is 5. The number of nitrogens with zero attached hydrogens (tertiary/aromatic N) is 1. The second kappa shape index (κ2) is 6.85. The Bertz CT molecular complexity index is 626. The first-order valence-corrected chi connectivity index (χ1v) is 7.65. The molecule has 21 heavy (non-hydrogen) atoms. The van der Waals surface area contributed by atoms with Crippen molar-refractivity contribution >= 4 is 27.3 Å². The number of benzene rings is 2. The van der Waals surface area contributed by atoms with Crippen LogP contribution in [-0.2, 0) is 6.54 Å². The highest BCUT2D eigenvalue weighted by Crippen LogP contribution is 2.28. The molecule has 2 aromatic rings. The first-order chi connectivity index (χ1) is 10.0. The molecule has 4 heteroatoms. The Balaban J connectivity index is 2.16. The van der Waals surface area contributed by atoms with Gasteiger partial charge in [-0.15, -0.1) is 0 Å². The Morgan fingerprint density at radius 2 is 1.90 bits per heavy atom. The van der Waals surface area contributed by atoms with Crippen molar-refractivity contribution in [3.8, 4) is 5.75 Å². The molecule has 1 N–H and O–H groups in total. The monoisotopic (exact) mass is 348 g/mol. The highest BCUT2D eigenvalue weighted by atomic mass is 79.9. The van der Waals surface area contributed by atoms with Crippen molar-refractivity contribution in [2.75, 3.05) is 31.4 Å². The molecule has 0 aromatic heterocycles. The Kier molecular flexibility index (Phi) is 5.12. The predicted molar refractivity (Wildman–Crippen MR) is 93.5 cm³/mol. The van der Waals surface area contributed by atoms with Crippen molar-refractivity contribution in [2.45, 2.75) is 13.5 Å². The van der Waals surface area contributed by atoms with Crippen LogP contribution in [0.3, 0.4) is 0 Å². The molecule has 0 atom stereocenters. The van der Waals surface area contributed by atoms with Crippen molar-refractivity contribution in [2.24, 2.45) is 0 Å². The predicted octanol–water partition coefficient (Wildman–Crippen LogP) is 4.44. The van der Waals surface area contributed by atoms with Gasteiger partial charge in [-0.3, -0.25) is 0 Å². The normalized spacial score (nSPS) is 10.3. The minimum absolute atomic E-state index is 0.780. The van der Waals surface area contributed by atoms with E-state index in [1.165, 1.54) is 11.3 Å². The lowest BCUT2D eigenvalue weighted by Gasteiger charge is -2.19. The van der Waals surface area contributed by atoms with Crippen LogP contribution < -0.4 is 15.0 Å². The van der Waals surface area contributed by atoms with E-state index in [9.17, 15) is 0 Å². The summed E-state index contributed by atoms with van der Waals surface area (Å²) < 4.78 is 6.37. The zero-order valence-electron chi connectivity index (χ0n) is 12.9. The van der Waals surface area contributed by atoms with Gasteiger partial charge in [0.2, 0.25) is 0 Å². The standard InChI is InChI=1S/C17H21BrN2O/c1-12-9-13(5-8-17(12)21-4)11-19-15-10-14(18)6-7-16(15)20(2)3/h5-10,19H,11H2,1-4H3. The first-order valence-electron chi connectivity index (χ1n) is 6.85. The summed E-state index contributed by atoms with van der Waals surface area (Å²) in [6, 6.07) is 12.5. The molecule has 0 aliphatic carbocycles. The molecule has 0 aliphatic heterocycles. The maximum absolute atomic E-state index is 5.30. The fourth-order valence-electron chi connectivity index (χ4n) is 2.29. The van der Waals surface area contributed by atoms with Crippen molar-refractivity contribution in [1.29, 1.82) is 0 Å². The number of hydrogen-bond acceptors (Lipinski definition) is 3. The molecule has 0 spiro atoms. The minimum Gasteiger partial charge on any atom is -0.496 e. The topological polar surface area (TPSA) is 24.5 Å². The number of halogens is 1. The molecule has 2 aromatic carbocycles. The van der Waals surface area contributed by atoms with Gasteiger partial charge in [-0.1, -0.05) is 28.1 Å². The third kappa shape index (κ3) is 3.91. The Hall–Kier alpha value is -1.68. The van der Waals surface area contributed by atoms with Gasteiger partial charge in [-0.25, -0.2) is 0 Å². The highest BCUT2D eigenvalue weighted by Gasteiger charge is 2.06. The summed E-state index contributed by atoms with van der Waals surface area (Å²) in [6.45, 7) is 2.84. The molecule has 0 fully saturated rings. The summed E-state index contributed by atoms with van der Waals surface area (Å²) in [6.07, 6.45) is 0. The van der Waals surface area contributed by atoms with E-state index in [1.807, 2.05) is 20.2 Å². The molecule has 0 radical (unpaired) electrons. The van der Waals surface area contributed by atoms with E-state index >= 15 is 0 Å². The average Bonchev–Trinajstić information content (AvgIpc) is 2.45. The molecule has 3 nitrogen and oxygen atoms in total. The van der Waals surface area contributed by atoms with Crippen LogP contribution >= 0.6 is 15.9 Å². The van der Waals surface area contributed by atoms with E-state index in [-0.39, 0.29) is 0 Å². The molecule has 0 aliphatic rings. The maximum atomic E-state index is 5.30. The van der Waals surface area contributed by atoms with Crippen molar-refractivity contribution in [3.05, 3.63) is 52.0 Å². The van der Waals surface area contributed by atoms with E-state index < -0.39 is 0 Å². The first kappa shape index (κ1) is 15.7. The Labute approximate surface area is 135 Å². The second-order valence-corrected chi connectivity index (χ2v) is 6.13. The summed E-state index contributed by atoms with van der Waals surface area (Å²) in [7, 11) is 5.79. The molecule has 0 heterocycles. The van der Waals surface area contributed by atoms with Crippen molar-refractivity contribution < 1.29 is 4.74 Å². The van der Waals surface area contributed by atoms with Gasteiger partial charge in [-0.05, 0) is 42.3 Å². The number of methoxy groups -OCH3 is 1.